The van der Waals surface area contributed by atoms with E-state index in [0.29, 0.717) is 5.56 Å². The van der Waals surface area contributed by atoms with E-state index in [1.54, 1.807) is 37.3 Å². The van der Waals surface area contributed by atoms with E-state index >= 15 is 0 Å². The van der Waals surface area contributed by atoms with Gasteiger partial charge in [0.15, 0.2) is 0 Å². The van der Waals surface area contributed by atoms with E-state index in [4.69, 9.17) is 4.74 Å². The van der Waals surface area contributed by atoms with Gasteiger partial charge < -0.3 is 4.74 Å². The van der Waals surface area contributed by atoms with E-state index in [2.05, 4.69) is 9.44 Å². The third kappa shape index (κ3) is 4.47. The molecule has 1 saturated heterocycles. The Kier molecular flexibility index (Phi) is 4.89. The van der Waals surface area contributed by atoms with Crippen LogP contribution in [0.25, 0.3) is 0 Å². The predicted octanol–water partition coefficient (Wildman–Crippen LogP) is 1.91. The van der Waals surface area contributed by atoms with Crippen LogP contribution in [0, 0.1) is 0 Å². The van der Waals surface area contributed by atoms with Crippen molar-refractivity contribution in [2.75, 3.05) is 0 Å². The number of carbonyl (C=O) groups is 1. The van der Waals surface area contributed by atoms with Crippen molar-refractivity contribution in [2.24, 2.45) is 5.16 Å². The summed E-state index contributed by atoms with van der Waals surface area (Å²) in [5.41, 5.74) is 0.582. The zero-order valence-corrected chi connectivity index (χ0v) is 13.2. The summed E-state index contributed by atoms with van der Waals surface area (Å²) >= 11 is 1.14. The number of benzene rings is 1. The molecule has 6 nitrogen and oxygen atoms in total. The van der Waals surface area contributed by atoms with Crippen molar-refractivity contribution in [3.05, 3.63) is 35.9 Å². The van der Waals surface area contributed by atoms with Gasteiger partial charge in [0.2, 0.25) is 5.04 Å². The van der Waals surface area contributed by atoms with Gasteiger partial charge in [-0.25, -0.2) is 4.79 Å². The number of rotatable bonds is 4. The van der Waals surface area contributed by atoms with Crippen molar-refractivity contribution in [1.29, 1.82) is 0 Å². The van der Waals surface area contributed by atoms with Crippen molar-refractivity contribution in [1.82, 2.24) is 0 Å². The van der Waals surface area contributed by atoms with E-state index in [1.165, 1.54) is 0 Å². The van der Waals surface area contributed by atoms with Crippen LogP contribution in [0.4, 0.5) is 0 Å². The molecule has 2 unspecified atom stereocenters. The van der Waals surface area contributed by atoms with Gasteiger partial charge in [-0.1, -0.05) is 47.2 Å². The summed E-state index contributed by atoms with van der Waals surface area (Å²) in [4.78, 5) is 11.6. The highest BCUT2D eigenvalue weighted by molar-refractivity contribution is 8.16. The summed E-state index contributed by atoms with van der Waals surface area (Å²) in [6.45, 7) is 3.62. The zero-order chi connectivity index (χ0) is 15.5. The number of thioether (sulfide) groups is 1. The fourth-order valence-corrected chi connectivity index (χ4v) is 3.30. The van der Waals surface area contributed by atoms with Gasteiger partial charge >= 0.3 is 16.1 Å². The van der Waals surface area contributed by atoms with Crippen LogP contribution in [0.2, 0.25) is 0 Å². The predicted molar refractivity (Wildman–Crippen MR) is 80.2 cm³/mol. The molecule has 0 saturated carbocycles. The Hall–Kier alpha value is -1.54. The highest BCUT2D eigenvalue weighted by Crippen LogP contribution is 2.25. The molecule has 0 aliphatic carbocycles. The lowest BCUT2D eigenvalue weighted by molar-refractivity contribution is -0.139. The number of nitrogens with zero attached hydrogens (tertiary/aromatic N) is 1. The molecule has 8 heteroatoms. The minimum Gasteiger partial charge on any atom is -0.456 e. The standard InChI is InChI=1S/C13H15NO5S2/c1-9-10(2)20-12(13(15)18-9)14-19-21(16,17)8-11-6-4-3-5-7-11/h3-7,9-10H,8H2,1-2H3/b14-12-. The molecule has 0 aromatic heterocycles. The first-order valence-corrected chi connectivity index (χ1v) is 8.74. The average molecular weight is 329 g/mol. The first kappa shape index (κ1) is 15.8. The van der Waals surface area contributed by atoms with Gasteiger partial charge in [0.1, 0.15) is 11.9 Å². The van der Waals surface area contributed by atoms with Crippen molar-refractivity contribution in [3.63, 3.8) is 0 Å². The van der Waals surface area contributed by atoms with Gasteiger partial charge in [-0.05, 0) is 19.4 Å². The first-order chi connectivity index (χ1) is 9.87. The van der Waals surface area contributed by atoms with E-state index in [-0.39, 0.29) is 22.2 Å². The number of esters is 1. The Morgan fingerprint density at radius 1 is 1.29 bits per heavy atom. The lowest BCUT2D eigenvalue weighted by atomic mass is 10.2. The van der Waals surface area contributed by atoms with E-state index in [9.17, 15) is 13.2 Å². The van der Waals surface area contributed by atoms with Gasteiger partial charge in [-0.15, -0.1) is 0 Å². The number of hydrogen-bond donors (Lipinski definition) is 0. The monoisotopic (exact) mass is 329 g/mol. The zero-order valence-electron chi connectivity index (χ0n) is 11.6. The number of oxime groups is 1. The van der Waals surface area contributed by atoms with Crippen molar-refractivity contribution in [2.45, 2.75) is 31.0 Å². The molecule has 0 spiro atoms. The van der Waals surface area contributed by atoms with Gasteiger partial charge in [0.25, 0.3) is 0 Å². The van der Waals surface area contributed by atoms with Crippen molar-refractivity contribution < 1.29 is 22.2 Å². The topological polar surface area (TPSA) is 82.0 Å². The molecule has 0 N–H and O–H groups in total. The maximum absolute atomic E-state index is 11.8. The van der Waals surface area contributed by atoms with Crippen molar-refractivity contribution in [3.8, 4) is 0 Å². The molecule has 2 atom stereocenters. The van der Waals surface area contributed by atoms with Crippen LogP contribution in [0.1, 0.15) is 19.4 Å². The van der Waals surface area contributed by atoms with Crippen LogP contribution in [-0.4, -0.2) is 30.8 Å². The second-order valence-electron chi connectivity index (χ2n) is 4.59. The minimum atomic E-state index is -3.90. The SMILES string of the molecule is CC1OC(=O)/C(=N/OS(=O)(=O)Cc2ccccc2)SC1C. The molecular weight excluding hydrogens is 314 g/mol. The van der Waals surface area contributed by atoms with Crippen LogP contribution in [0.3, 0.4) is 0 Å². The number of ether oxygens (including phenoxy) is 1. The molecule has 0 bridgehead atoms. The molecule has 1 aromatic rings. The molecule has 0 amide bonds. The Labute approximate surface area is 127 Å². The Morgan fingerprint density at radius 3 is 2.62 bits per heavy atom. The van der Waals surface area contributed by atoms with Gasteiger partial charge in [-0.3, -0.25) is 4.28 Å². The maximum Gasteiger partial charge on any atom is 0.367 e. The van der Waals surface area contributed by atoms with Crippen molar-refractivity contribution >= 4 is 32.9 Å². The summed E-state index contributed by atoms with van der Waals surface area (Å²) < 4.78 is 33.2. The van der Waals surface area contributed by atoms with Crippen LogP contribution < -0.4 is 0 Å². The Bertz CT molecular complexity index is 642. The normalized spacial score (nSPS) is 24.7. The molecule has 1 heterocycles. The molecule has 1 aromatic carbocycles. The van der Waals surface area contributed by atoms with Crippen LogP contribution in [0.15, 0.2) is 35.5 Å². The quantitative estimate of drug-likeness (QED) is 0.620. The van der Waals surface area contributed by atoms with Gasteiger partial charge in [-0.2, -0.15) is 8.42 Å². The lowest BCUT2D eigenvalue weighted by Crippen LogP contribution is -2.34. The molecule has 21 heavy (non-hydrogen) atoms. The highest BCUT2D eigenvalue weighted by Gasteiger charge is 2.31. The lowest BCUT2D eigenvalue weighted by Gasteiger charge is -2.24. The number of hydrogen-bond acceptors (Lipinski definition) is 7. The molecule has 1 fully saturated rings. The van der Waals surface area contributed by atoms with Crippen LogP contribution >= 0.6 is 11.8 Å². The summed E-state index contributed by atoms with van der Waals surface area (Å²) in [7, 11) is -3.90. The fourth-order valence-electron chi connectivity index (χ4n) is 1.59. The smallest absolute Gasteiger partial charge is 0.367 e. The third-order valence-corrected chi connectivity index (χ3v) is 5.05. The molecule has 1 aliphatic rings. The number of cyclic esters (lactones) is 1. The van der Waals surface area contributed by atoms with Crippen LogP contribution in [0.5, 0.6) is 0 Å². The largest absolute Gasteiger partial charge is 0.456 e. The second kappa shape index (κ2) is 6.48. The Balaban J connectivity index is 2.04. The fraction of sp³-hybridized carbons (Fsp3) is 0.385. The highest BCUT2D eigenvalue weighted by atomic mass is 32.2. The van der Waals surface area contributed by atoms with Gasteiger partial charge in [0, 0.05) is 5.25 Å². The Morgan fingerprint density at radius 2 is 1.95 bits per heavy atom. The molecule has 1 aliphatic heterocycles. The van der Waals surface area contributed by atoms with E-state index in [0.717, 1.165) is 11.8 Å². The number of carbonyl (C=O) groups excluding carboxylic acids is 1. The van der Waals surface area contributed by atoms with E-state index in [1.807, 2.05) is 6.92 Å². The van der Waals surface area contributed by atoms with Gasteiger partial charge in [0.05, 0.1) is 0 Å². The molecule has 0 radical (unpaired) electrons. The maximum atomic E-state index is 11.8. The van der Waals surface area contributed by atoms with E-state index < -0.39 is 16.1 Å². The minimum absolute atomic E-state index is 0.0122. The summed E-state index contributed by atoms with van der Waals surface area (Å²) in [5.74, 6) is -0.975. The second-order valence-corrected chi connectivity index (χ2v) is 7.51. The average Bonchev–Trinajstić information content (AvgIpc) is 2.42. The summed E-state index contributed by atoms with van der Waals surface area (Å²) in [6.07, 6.45) is -0.248. The first-order valence-electron chi connectivity index (χ1n) is 6.28. The third-order valence-electron chi connectivity index (χ3n) is 2.85. The summed E-state index contributed by atoms with van der Waals surface area (Å²) in [6, 6.07) is 8.58. The molecule has 114 valence electrons. The molecular formula is C13H15NO5S2. The molecule has 2 rings (SSSR count). The summed E-state index contributed by atoms with van der Waals surface area (Å²) in [5, 5.41) is 3.34. The van der Waals surface area contributed by atoms with Crippen LogP contribution in [-0.2, 0) is 29.7 Å².